The first-order chi connectivity index (χ1) is 8.70. The van der Waals surface area contributed by atoms with Crippen molar-refractivity contribution in [2.45, 2.75) is 12.6 Å². The first-order valence-electron chi connectivity index (χ1n) is 5.52. The Bertz CT molecular complexity index is 504. The van der Waals surface area contributed by atoms with Gasteiger partial charge in [-0.15, -0.1) is 11.3 Å². The molecule has 0 amide bonds. The molecular weight excluding hydrogens is 317 g/mol. The average molecular weight is 330 g/mol. The highest BCUT2D eigenvalue weighted by Crippen LogP contribution is 2.22. The Morgan fingerprint density at radius 2 is 2.22 bits per heavy atom. The molecule has 1 unspecified atom stereocenters. The molecule has 1 heterocycles. The van der Waals surface area contributed by atoms with Crippen molar-refractivity contribution in [2.24, 2.45) is 0 Å². The lowest BCUT2D eigenvalue weighted by molar-refractivity contribution is 0.241. The second-order valence-corrected chi connectivity index (χ2v) is 5.81. The predicted octanol–water partition coefficient (Wildman–Crippen LogP) is 3.47. The zero-order chi connectivity index (χ0) is 13.0. The third-order valence-corrected chi connectivity index (χ3v) is 3.99. The number of hydrogen-bond donors (Lipinski definition) is 2. The van der Waals surface area contributed by atoms with E-state index in [0.717, 1.165) is 9.35 Å². The molecule has 2 aromatic rings. The van der Waals surface area contributed by atoms with E-state index in [-0.39, 0.29) is 12.4 Å². The van der Waals surface area contributed by atoms with Gasteiger partial charge in [-0.2, -0.15) is 0 Å². The largest absolute Gasteiger partial charge is 0.394 e. The third-order valence-electron chi connectivity index (χ3n) is 2.62. The lowest BCUT2D eigenvalue weighted by Crippen LogP contribution is -2.24. The normalized spacial score (nSPS) is 12.6. The van der Waals surface area contributed by atoms with Gasteiger partial charge in [0.05, 0.1) is 12.6 Å². The number of hydrogen-bond acceptors (Lipinski definition) is 3. The summed E-state index contributed by atoms with van der Waals surface area (Å²) in [6.07, 6.45) is 0. The van der Waals surface area contributed by atoms with Crippen molar-refractivity contribution in [3.63, 3.8) is 0 Å². The molecule has 2 rings (SSSR count). The summed E-state index contributed by atoms with van der Waals surface area (Å²) in [7, 11) is 0. The molecule has 0 radical (unpaired) electrons. The van der Waals surface area contributed by atoms with Crippen LogP contribution in [0.5, 0.6) is 0 Å². The molecule has 0 spiro atoms. The standard InChI is InChI=1S/C13H13BrFNOS/c14-9-3-4-12(15)11(6-9)13(8-17)16-7-10-2-1-5-18-10/h1-6,13,16-17H,7-8H2. The van der Waals surface area contributed by atoms with E-state index in [9.17, 15) is 9.50 Å². The molecule has 96 valence electrons. The summed E-state index contributed by atoms with van der Waals surface area (Å²) in [5, 5.41) is 14.5. The number of aliphatic hydroxyl groups excluding tert-OH is 1. The number of nitrogens with one attached hydrogen (secondary N) is 1. The second kappa shape index (κ2) is 6.43. The number of aliphatic hydroxyl groups is 1. The molecule has 0 saturated carbocycles. The highest BCUT2D eigenvalue weighted by atomic mass is 79.9. The van der Waals surface area contributed by atoms with Crippen LogP contribution in [0.3, 0.4) is 0 Å². The minimum absolute atomic E-state index is 0.140. The minimum Gasteiger partial charge on any atom is -0.394 e. The molecule has 0 saturated heterocycles. The van der Waals surface area contributed by atoms with Crippen LogP contribution in [-0.4, -0.2) is 11.7 Å². The van der Waals surface area contributed by atoms with Crippen molar-refractivity contribution in [3.05, 3.63) is 56.4 Å². The molecule has 1 aromatic carbocycles. The van der Waals surface area contributed by atoms with Gasteiger partial charge in [0.25, 0.3) is 0 Å². The molecule has 2 N–H and O–H groups in total. The smallest absolute Gasteiger partial charge is 0.128 e. The molecule has 0 aliphatic heterocycles. The van der Waals surface area contributed by atoms with Crippen LogP contribution in [0.4, 0.5) is 4.39 Å². The van der Waals surface area contributed by atoms with Crippen LogP contribution < -0.4 is 5.32 Å². The molecule has 0 aliphatic rings. The Kier molecular flexibility index (Phi) is 4.88. The zero-order valence-corrected chi connectivity index (χ0v) is 12.0. The molecular formula is C13H13BrFNOS. The summed E-state index contributed by atoms with van der Waals surface area (Å²) in [6.45, 7) is 0.480. The van der Waals surface area contributed by atoms with Crippen LogP contribution in [0, 0.1) is 5.82 Å². The Balaban J connectivity index is 2.10. The van der Waals surface area contributed by atoms with Gasteiger partial charge in [0.2, 0.25) is 0 Å². The van der Waals surface area contributed by atoms with E-state index in [2.05, 4.69) is 21.2 Å². The van der Waals surface area contributed by atoms with Gasteiger partial charge in [0, 0.05) is 21.5 Å². The summed E-state index contributed by atoms with van der Waals surface area (Å²) < 4.78 is 14.5. The Labute approximate surface area is 118 Å². The van der Waals surface area contributed by atoms with Crippen molar-refractivity contribution in [2.75, 3.05) is 6.61 Å². The van der Waals surface area contributed by atoms with E-state index in [1.165, 1.54) is 6.07 Å². The summed E-state index contributed by atoms with van der Waals surface area (Å²) in [5.41, 5.74) is 0.475. The molecule has 0 aliphatic carbocycles. The van der Waals surface area contributed by atoms with Crippen LogP contribution in [0.15, 0.2) is 40.2 Å². The van der Waals surface area contributed by atoms with E-state index in [0.29, 0.717) is 12.1 Å². The van der Waals surface area contributed by atoms with Gasteiger partial charge >= 0.3 is 0 Å². The van der Waals surface area contributed by atoms with E-state index in [4.69, 9.17) is 0 Å². The van der Waals surface area contributed by atoms with Gasteiger partial charge in [0.1, 0.15) is 5.82 Å². The first kappa shape index (κ1) is 13.7. The SMILES string of the molecule is OCC(NCc1cccs1)c1cc(Br)ccc1F. The van der Waals surface area contributed by atoms with Crippen LogP contribution in [0.1, 0.15) is 16.5 Å². The lowest BCUT2D eigenvalue weighted by atomic mass is 10.1. The predicted molar refractivity (Wildman–Crippen MR) is 75.1 cm³/mol. The van der Waals surface area contributed by atoms with Gasteiger partial charge in [0.15, 0.2) is 0 Å². The van der Waals surface area contributed by atoms with Gasteiger partial charge in [-0.05, 0) is 29.6 Å². The van der Waals surface area contributed by atoms with Crippen molar-refractivity contribution in [1.29, 1.82) is 0 Å². The number of benzene rings is 1. The fraction of sp³-hybridized carbons (Fsp3) is 0.231. The Hall–Kier alpha value is -0.750. The van der Waals surface area contributed by atoms with Gasteiger partial charge in [-0.3, -0.25) is 0 Å². The molecule has 1 atom stereocenters. The average Bonchev–Trinajstić information content (AvgIpc) is 2.87. The highest BCUT2D eigenvalue weighted by Gasteiger charge is 2.15. The van der Waals surface area contributed by atoms with Crippen LogP contribution in [0.25, 0.3) is 0 Å². The maximum absolute atomic E-state index is 13.7. The van der Waals surface area contributed by atoms with Crippen LogP contribution >= 0.6 is 27.3 Å². The summed E-state index contributed by atoms with van der Waals surface area (Å²) in [6, 6.07) is 8.31. The Morgan fingerprint density at radius 3 is 2.89 bits per heavy atom. The molecule has 2 nitrogen and oxygen atoms in total. The maximum Gasteiger partial charge on any atom is 0.128 e. The van der Waals surface area contributed by atoms with Gasteiger partial charge < -0.3 is 10.4 Å². The van der Waals surface area contributed by atoms with Crippen molar-refractivity contribution < 1.29 is 9.50 Å². The summed E-state index contributed by atoms with van der Waals surface area (Å²) in [4.78, 5) is 1.16. The minimum atomic E-state index is -0.399. The summed E-state index contributed by atoms with van der Waals surface area (Å²) >= 11 is 4.94. The van der Waals surface area contributed by atoms with E-state index >= 15 is 0 Å². The fourth-order valence-corrected chi connectivity index (χ4v) is 2.73. The van der Waals surface area contributed by atoms with Gasteiger partial charge in [-0.1, -0.05) is 22.0 Å². The van der Waals surface area contributed by atoms with Crippen molar-refractivity contribution >= 4 is 27.3 Å². The third kappa shape index (κ3) is 3.38. The quantitative estimate of drug-likeness (QED) is 0.880. The van der Waals surface area contributed by atoms with Gasteiger partial charge in [-0.25, -0.2) is 4.39 Å². The highest BCUT2D eigenvalue weighted by molar-refractivity contribution is 9.10. The number of rotatable bonds is 5. The molecule has 18 heavy (non-hydrogen) atoms. The molecule has 0 fully saturated rings. The van der Waals surface area contributed by atoms with E-state index in [1.54, 1.807) is 23.5 Å². The molecule has 5 heteroatoms. The van der Waals surface area contributed by atoms with Crippen LogP contribution in [-0.2, 0) is 6.54 Å². The zero-order valence-electron chi connectivity index (χ0n) is 9.57. The topological polar surface area (TPSA) is 32.3 Å². The van der Waals surface area contributed by atoms with Crippen LogP contribution in [0.2, 0.25) is 0 Å². The number of thiophene rings is 1. The lowest BCUT2D eigenvalue weighted by Gasteiger charge is -2.17. The van der Waals surface area contributed by atoms with E-state index < -0.39 is 6.04 Å². The first-order valence-corrected chi connectivity index (χ1v) is 7.19. The van der Waals surface area contributed by atoms with Crippen molar-refractivity contribution in [1.82, 2.24) is 5.32 Å². The number of halogens is 2. The fourth-order valence-electron chi connectivity index (χ4n) is 1.69. The van der Waals surface area contributed by atoms with E-state index in [1.807, 2.05) is 17.5 Å². The summed E-state index contributed by atoms with van der Waals surface area (Å²) in [5.74, 6) is -0.309. The second-order valence-electron chi connectivity index (χ2n) is 3.86. The molecule has 1 aromatic heterocycles. The van der Waals surface area contributed by atoms with Crippen molar-refractivity contribution in [3.8, 4) is 0 Å². The monoisotopic (exact) mass is 329 g/mol. The Morgan fingerprint density at radius 1 is 1.39 bits per heavy atom. The maximum atomic E-state index is 13.7. The molecule has 0 bridgehead atoms.